The second-order valence-corrected chi connectivity index (χ2v) is 5.29. The minimum absolute atomic E-state index is 0.479. The molecule has 2 nitrogen and oxygen atoms in total. The van der Waals surface area contributed by atoms with E-state index < -0.39 is 29.2 Å². The van der Waals surface area contributed by atoms with Crippen LogP contribution in [-0.2, 0) is 0 Å². The van der Waals surface area contributed by atoms with Crippen LogP contribution in [0.25, 0.3) is 10.8 Å². The Labute approximate surface area is 132 Å². The van der Waals surface area contributed by atoms with Crippen molar-refractivity contribution in [2.45, 2.75) is 12.0 Å². The van der Waals surface area contributed by atoms with Crippen molar-refractivity contribution in [2.24, 2.45) is 0 Å². The van der Waals surface area contributed by atoms with Gasteiger partial charge in [0.25, 0.3) is 0 Å². The molecule has 114 valence electrons. The zero-order valence-electron chi connectivity index (χ0n) is 12.1. The molecule has 0 aliphatic heterocycles. The number of hydrogen-bond acceptors (Lipinski definition) is 2. The summed E-state index contributed by atoms with van der Waals surface area (Å²) in [7, 11) is 0. The van der Waals surface area contributed by atoms with Crippen molar-refractivity contribution in [1.29, 1.82) is 5.26 Å². The van der Waals surface area contributed by atoms with Gasteiger partial charge >= 0.3 is 0 Å². The fraction of sp³-hybridized carbons (Fsp3) is 0.105. The Morgan fingerprint density at radius 3 is 2.17 bits per heavy atom. The first-order chi connectivity index (χ1) is 11.1. The molecule has 0 heterocycles. The van der Waals surface area contributed by atoms with Crippen LogP contribution in [0.4, 0.5) is 8.78 Å². The third-order valence-corrected chi connectivity index (χ3v) is 3.88. The maximum absolute atomic E-state index is 13.9. The fourth-order valence-corrected chi connectivity index (χ4v) is 2.69. The van der Waals surface area contributed by atoms with E-state index in [0.29, 0.717) is 5.56 Å². The lowest BCUT2D eigenvalue weighted by Crippen LogP contribution is -2.13. The molecule has 0 unspecified atom stereocenters. The van der Waals surface area contributed by atoms with Crippen molar-refractivity contribution < 1.29 is 13.9 Å². The highest BCUT2D eigenvalue weighted by molar-refractivity contribution is 5.83. The van der Waals surface area contributed by atoms with Gasteiger partial charge in [-0.25, -0.2) is 8.78 Å². The molecule has 23 heavy (non-hydrogen) atoms. The maximum atomic E-state index is 13.9. The zero-order chi connectivity index (χ0) is 16.4. The second-order valence-electron chi connectivity index (χ2n) is 5.29. The molecule has 0 aliphatic carbocycles. The van der Waals surface area contributed by atoms with Crippen molar-refractivity contribution >= 4 is 10.8 Å². The number of aliphatic hydroxyl groups excluding tert-OH is 1. The molecule has 0 saturated carbocycles. The van der Waals surface area contributed by atoms with Crippen molar-refractivity contribution in [1.82, 2.24) is 0 Å². The number of nitrogens with zero attached hydrogens (tertiary/aromatic N) is 1. The van der Waals surface area contributed by atoms with Crippen LogP contribution in [0.15, 0.2) is 60.7 Å². The third-order valence-electron chi connectivity index (χ3n) is 3.88. The molecule has 4 heteroatoms. The summed E-state index contributed by atoms with van der Waals surface area (Å²) in [4.78, 5) is 0. The summed E-state index contributed by atoms with van der Waals surface area (Å²) >= 11 is 0. The Kier molecular flexibility index (Phi) is 4.05. The van der Waals surface area contributed by atoms with Gasteiger partial charge in [0.15, 0.2) is 0 Å². The lowest BCUT2D eigenvalue weighted by molar-refractivity contribution is 0.154. The standard InChI is InChI=1S/C19H13F2NO/c20-16-6-3-7-17(21)18(16)19(23)15(11-22)14-9-8-12-4-1-2-5-13(12)10-14/h1-10,15,19,23H/t15-,19-/m0/s1. The van der Waals surface area contributed by atoms with Gasteiger partial charge in [0.05, 0.1) is 11.6 Å². The number of benzene rings is 3. The molecule has 0 bridgehead atoms. The molecule has 0 aromatic heterocycles. The van der Waals surface area contributed by atoms with Crippen LogP contribution in [0.1, 0.15) is 23.1 Å². The first-order valence-corrected chi connectivity index (χ1v) is 7.12. The summed E-state index contributed by atoms with van der Waals surface area (Å²) in [6, 6.07) is 18.1. The Morgan fingerprint density at radius 1 is 0.870 bits per heavy atom. The number of rotatable bonds is 3. The zero-order valence-corrected chi connectivity index (χ0v) is 12.1. The molecular weight excluding hydrogens is 296 g/mol. The van der Waals surface area contributed by atoms with Gasteiger partial charge < -0.3 is 5.11 Å². The molecule has 3 aromatic carbocycles. The van der Waals surface area contributed by atoms with Gasteiger partial charge in [-0.05, 0) is 34.5 Å². The summed E-state index contributed by atoms with van der Waals surface area (Å²) in [5, 5.41) is 21.7. The van der Waals surface area contributed by atoms with Crippen LogP contribution < -0.4 is 0 Å². The summed E-state index contributed by atoms with van der Waals surface area (Å²) in [5.74, 6) is -2.79. The Balaban J connectivity index is 2.06. The Bertz CT molecular complexity index is 881. The number of fused-ring (bicyclic) bond motifs is 1. The highest BCUT2D eigenvalue weighted by Crippen LogP contribution is 2.34. The lowest BCUT2D eigenvalue weighted by atomic mass is 9.88. The van der Waals surface area contributed by atoms with Gasteiger partial charge in [0.1, 0.15) is 23.7 Å². The minimum atomic E-state index is -1.58. The predicted octanol–water partition coefficient (Wildman–Crippen LogP) is 4.46. The molecule has 0 saturated heterocycles. The molecule has 0 radical (unpaired) electrons. The highest BCUT2D eigenvalue weighted by atomic mass is 19.1. The highest BCUT2D eigenvalue weighted by Gasteiger charge is 2.28. The van der Waals surface area contributed by atoms with Crippen LogP contribution in [0.2, 0.25) is 0 Å². The SMILES string of the molecule is N#C[C@@H](c1ccc2ccccc2c1)[C@H](O)c1c(F)cccc1F. The summed E-state index contributed by atoms with van der Waals surface area (Å²) in [5.41, 5.74) is 0.0357. The van der Waals surface area contributed by atoms with E-state index in [1.165, 1.54) is 6.07 Å². The van der Waals surface area contributed by atoms with Gasteiger partial charge in [-0.3, -0.25) is 0 Å². The van der Waals surface area contributed by atoms with Gasteiger partial charge in [0.2, 0.25) is 0 Å². The van der Waals surface area contributed by atoms with Crippen LogP contribution in [0.5, 0.6) is 0 Å². The topological polar surface area (TPSA) is 44.0 Å². The van der Waals surface area contributed by atoms with Gasteiger partial charge in [-0.15, -0.1) is 0 Å². The monoisotopic (exact) mass is 309 g/mol. The number of nitriles is 1. The normalized spacial score (nSPS) is 13.5. The van der Waals surface area contributed by atoms with E-state index in [1.807, 2.05) is 36.4 Å². The van der Waals surface area contributed by atoms with Crippen LogP contribution >= 0.6 is 0 Å². The fourth-order valence-electron chi connectivity index (χ4n) is 2.69. The summed E-state index contributed by atoms with van der Waals surface area (Å²) in [6.45, 7) is 0. The Morgan fingerprint density at radius 2 is 1.52 bits per heavy atom. The molecule has 0 spiro atoms. The molecule has 0 fully saturated rings. The quantitative estimate of drug-likeness (QED) is 0.776. The first-order valence-electron chi connectivity index (χ1n) is 7.12. The largest absolute Gasteiger partial charge is 0.386 e. The number of halogens is 2. The predicted molar refractivity (Wildman–Crippen MR) is 83.6 cm³/mol. The third kappa shape index (κ3) is 2.79. The van der Waals surface area contributed by atoms with E-state index in [-0.39, 0.29) is 0 Å². The molecule has 0 aliphatic rings. The van der Waals surface area contributed by atoms with Crippen molar-refractivity contribution in [3.8, 4) is 6.07 Å². The number of aliphatic hydroxyl groups is 1. The van der Waals surface area contributed by atoms with Crippen LogP contribution in [-0.4, -0.2) is 5.11 Å². The maximum Gasteiger partial charge on any atom is 0.132 e. The smallest absolute Gasteiger partial charge is 0.132 e. The molecular formula is C19H13F2NO. The van der Waals surface area contributed by atoms with Crippen molar-refractivity contribution in [2.75, 3.05) is 0 Å². The number of hydrogen-bond donors (Lipinski definition) is 1. The van der Waals surface area contributed by atoms with Gasteiger partial charge in [-0.2, -0.15) is 5.26 Å². The van der Waals surface area contributed by atoms with Gasteiger partial charge in [-0.1, -0.05) is 42.5 Å². The van der Waals surface area contributed by atoms with Crippen molar-refractivity contribution in [3.05, 3.63) is 83.4 Å². The molecule has 1 N–H and O–H groups in total. The van der Waals surface area contributed by atoms with Crippen LogP contribution in [0.3, 0.4) is 0 Å². The van der Waals surface area contributed by atoms with E-state index in [0.717, 1.165) is 22.9 Å². The van der Waals surface area contributed by atoms with Crippen molar-refractivity contribution in [3.63, 3.8) is 0 Å². The molecule has 3 rings (SSSR count). The lowest BCUT2D eigenvalue weighted by Gasteiger charge is -2.19. The van der Waals surface area contributed by atoms with E-state index in [9.17, 15) is 19.1 Å². The average Bonchev–Trinajstić information content (AvgIpc) is 2.55. The first kappa shape index (κ1) is 15.1. The van der Waals surface area contributed by atoms with Crippen LogP contribution in [0, 0.1) is 23.0 Å². The minimum Gasteiger partial charge on any atom is -0.386 e. The summed E-state index contributed by atoms with van der Waals surface area (Å²) in [6.07, 6.45) is -1.58. The van der Waals surface area contributed by atoms with E-state index in [1.54, 1.807) is 12.1 Å². The van der Waals surface area contributed by atoms with Gasteiger partial charge in [0, 0.05) is 0 Å². The molecule has 3 aromatic rings. The van der Waals surface area contributed by atoms with E-state index in [2.05, 4.69) is 0 Å². The van der Waals surface area contributed by atoms with E-state index >= 15 is 0 Å². The average molecular weight is 309 g/mol. The Hall–Kier alpha value is -2.77. The second kappa shape index (κ2) is 6.15. The molecule has 0 amide bonds. The van der Waals surface area contributed by atoms with E-state index in [4.69, 9.17) is 0 Å². The summed E-state index contributed by atoms with van der Waals surface area (Å²) < 4.78 is 27.7. The molecule has 2 atom stereocenters.